The van der Waals surface area contributed by atoms with Crippen LogP contribution in [0.25, 0.3) is 21.8 Å². The van der Waals surface area contributed by atoms with Crippen molar-refractivity contribution >= 4 is 90.9 Å². The van der Waals surface area contributed by atoms with E-state index in [9.17, 15) is 45.5 Å². The van der Waals surface area contributed by atoms with E-state index in [2.05, 4.69) is 35.9 Å². The Hall–Kier alpha value is -8.18. The van der Waals surface area contributed by atoms with Crippen molar-refractivity contribution in [1.29, 1.82) is 0 Å². The molecule has 4 aromatic heterocycles. The Morgan fingerprint density at radius 1 is 0.552 bits per heavy atom. The molecule has 0 unspecified atom stereocenters. The average Bonchev–Trinajstić information content (AvgIpc) is 4.05. The number of carbonyl (C=O) groups is 4. The molecule has 3 amide bonds. The maximum Gasteiger partial charge on any atom is 0.418 e. The van der Waals surface area contributed by atoms with E-state index in [0.29, 0.717) is 32.8 Å². The quantitative estimate of drug-likeness (QED) is 0.0604. The first kappa shape index (κ1) is 48.3. The molecule has 4 heterocycles. The highest BCUT2D eigenvalue weighted by Gasteiger charge is 2.34. The summed E-state index contributed by atoms with van der Waals surface area (Å²) in [6, 6.07) is 23.3. The number of amides is 3. The van der Waals surface area contributed by atoms with E-state index in [1.807, 2.05) is 0 Å². The summed E-state index contributed by atoms with van der Waals surface area (Å²) in [7, 11) is 0. The maximum absolute atomic E-state index is 13.2. The van der Waals surface area contributed by atoms with E-state index in [1.165, 1.54) is 71.5 Å². The third-order valence-corrected chi connectivity index (χ3v) is 10.2. The fourth-order valence-electron chi connectivity index (χ4n) is 5.73. The summed E-state index contributed by atoms with van der Waals surface area (Å²) >= 11 is 2.52. The van der Waals surface area contributed by atoms with Crippen LogP contribution in [0.4, 0.5) is 49.1 Å². The van der Waals surface area contributed by atoms with Crippen molar-refractivity contribution < 1.29 is 60.1 Å². The van der Waals surface area contributed by atoms with Gasteiger partial charge >= 0.3 is 18.3 Å². The third kappa shape index (κ3) is 13.4. The Kier molecular flexibility index (Phi) is 15.6. The molecule has 0 radical (unpaired) electrons. The van der Waals surface area contributed by atoms with Gasteiger partial charge in [0, 0.05) is 69.1 Å². The zero-order valence-electron chi connectivity index (χ0n) is 34.0. The molecule has 0 fully saturated rings. The molecule has 0 saturated heterocycles. The SMILES string of the molecule is Nc1ccc(NC(=O)c2nccs2)cc1.O=C(COc1ccnc2c(C(F)(F)F)cccc12)Nc1ccc(NC(=O)c2nccs2)cc1.O=C(O)COc1ccnc2c(C(F)(F)F)cccc12. The summed E-state index contributed by atoms with van der Waals surface area (Å²) in [6.07, 6.45) is -3.61. The molecule has 0 aliphatic heterocycles. The Morgan fingerprint density at radius 2 is 0.970 bits per heavy atom. The Morgan fingerprint density at radius 3 is 1.37 bits per heavy atom. The number of halogens is 6. The number of anilines is 4. The van der Waals surface area contributed by atoms with Gasteiger partial charge in [0.25, 0.3) is 17.7 Å². The molecule has 15 nitrogen and oxygen atoms in total. The molecular formula is C44H32F6N8O7S2. The molecule has 0 aliphatic rings. The lowest BCUT2D eigenvalue weighted by Crippen LogP contribution is -2.20. The van der Waals surface area contributed by atoms with E-state index >= 15 is 0 Å². The van der Waals surface area contributed by atoms with Crippen molar-refractivity contribution in [2.24, 2.45) is 0 Å². The monoisotopic (exact) mass is 962 g/mol. The number of ether oxygens (including phenoxy) is 2. The number of fused-ring (bicyclic) bond motifs is 2. The number of carbonyl (C=O) groups excluding carboxylic acids is 3. The van der Waals surface area contributed by atoms with E-state index < -0.39 is 48.6 Å². The maximum atomic E-state index is 13.2. The van der Waals surface area contributed by atoms with Gasteiger partial charge in [0.1, 0.15) is 11.5 Å². The number of nitrogen functional groups attached to an aromatic ring is 1. The minimum Gasteiger partial charge on any atom is -0.483 e. The number of thiazole rings is 2. The van der Waals surface area contributed by atoms with Gasteiger partial charge in [0.2, 0.25) is 0 Å². The summed E-state index contributed by atoms with van der Waals surface area (Å²) in [5.41, 5.74) is 5.61. The number of hydrogen-bond donors (Lipinski definition) is 5. The van der Waals surface area contributed by atoms with E-state index in [-0.39, 0.29) is 45.1 Å². The van der Waals surface area contributed by atoms with Crippen molar-refractivity contribution in [3.05, 3.63) is 154 Å². The van der Waals surface area contributed by atoms with Crippen molar-refractivity contribution in [3.8, 4) is 11.5 Å². The minimum absolute atomic E-state index is 0.0542. The van der Waals surface area contributed by atoms with Crippen LogP contribution in [0.15, 0.2) is 133 Å². The van der Waals surface area contributed by atoms with Crippen molar-refractivity contribution in [1.82, 2.24) is 19.9 Å². The van der Waals surface area contributed by atoms with Crippen molar-refractivity contribution in [3.63, 3.8) is 0 Å². The number of aliphatic carboxylic acids is 1. The van der Waals surface area contributed by atoms with Gasteiger partial charge in [-0.15, -0.1) is 22.7 Å². The number of aromatic nitrogens is 4. The Bertz CT molecular complexity index is 2980. The highest BCUT2D eigenvalue weighted by atomic mass is 32.1. The number of hydrogen-bond acceptors (Lipinski definition) is 13. The van der Waals surface area contributed by atoms with E-state index in [4.69, 9.17) is 20.3 Å². The number of benzene rings is 4. The summed E-state index contributed by atoms with van der Waals surface area (Å²) in [6.45, 7) is -1.05. The smallest absolute Gasteiger partial charge is 0.418 e. The van der Waals surface area contributed by atoms with Crippen LogP contribution >= 0.6 is 22.7 Å². The van der Waals surface area contributed by atoms with Crippen LogP contribution < -0.4 is 31.2 Å². The molecule has 67 heavy (non-hydrogen) atoms. The van der Waals surface area contributed by atoms with Crippen molar-refractivity contribution in [2.75, 3.05) is 34.9 Å². The fraction of sp³-hybridized carbons (Fsp3) is 0.0909. The Balaban J connectivity index is 0.000000183. The van der Waals surface area contributed by atoms with Crippen LogP contribution in [-0.2, 0) is 21.9 Å². The van der Waals surface area contributed by atoms with Gasteiger partial charge in [-0.3, -0.25) is 24.4 Å². The van der Waals surface area contributed by atoms with E-state index in [0.717, 1.165) is 18.3 Å². The lowest BCUT2D eigenvalue weighted by molar-refractivity contribution is -0.139. The number of nitrogens with zero attached hydrogens (tertiary/aromatic N) is 4. The van der Waals surface area contributed by atoms with Crippen LogP contribution in [0, 0.1) is 0 Å². The number of nitrogens with two attached hydrogens (primary N) is 1. The fourth-order valence-corrected chi connectivity index (χ4v) is 6.79. The average molecular weight is 963 g/mol. The van der Waals surface area contributed by atoms with Gasteiger partial charge in [-0.1, -0.05) is 12.1 Å². The van der Waals surface area contributed by atoms with Crippen LogP contribution in [0.1, 0.15) is 30.7 Å². The standard InChI is InChI=1S/C22H15F3N4O3S.C12H8F3NO3.C10H9N3OS/c23-22(24,25)16-3-1-2-15-17(8-9-26-19(15)16)32-12-18(30)28-13-4-6-14(7-5-13)29-20(31)21-27-10-11-33-21;13-12(14,15)8-3-1-2-7-9(19-6-10(17)18)4-5-16-11(7)8;11-7-1-3-8(4-2-7)13-9(14)10-12-5-6-15-10/h1-11H,12H2,(H,28,30)(H,29,31);1-5H,6H2,(H,17,18);1-6H,11H2,(H,13,14). The lowest BCUT2D eigenvalue weighted by Gasteiger charge is -2.13. The van der Waals surface area contributed by atoms with Gasteiger partial charge in [0.15, 0.2) is 23.2 Å². The van der Waals surface area contributed by atoms with Gasteiger partial charge in [-0.05, 0) is 84.9 Å². The molecule has 0 atom stereocenters. The highest BCUT2D eigenvalue weighted by Crippen LogP contribution is 2.37. The number of carboxylic acids is 1. The molecule has 23 heteroatoms. The number of nitrogens with one attached hydrogen (secondary N) is 3. The molecule has 344 valence electrons. The molecule has 0 bridgehead atoms. The van der Waals surface area contributed by atoms with Crippen LogP contribution in [0.3, 0.4) is 0 Å². The topological polar surface area (TPSA) is 221 Å². The molecule has 8 aromatic rings. The summed E-state index contributed by atoms with van der Waals surface area (Å²) in [5, 5.41) is 21.1. The largest absolute Gasteiger partial charge is 0.483 e. The first-order valence-corrected chi connectivity index (χ1v) is 20.8. The molecular weight excluding hydrogens is 931 g/mol. The molecule has 0 aliphatic carbocycles. The van der Waals surface area contributed by atoms with Gasteiger partial charge in [-0.2, -0.15) is 26.3 Å². The molecule has 0 saturated carbocycles. The number of rotatable bonds is 11. The van der Waals surface area contributed by atoms with Crippen LogP contribution in [-0.4, -0.2) is 61.9 Å². The predicted molar refractivity (Wildman–Crippen MR) is 238 cm³/mol. The Labute approximate surface area is 382 Å². The third-order valence-electron chi connectivity index (χ3n) is 8.63. The second-order valence-electron chi connectivity index (χ2n) is 13.3. The van der Waals surface area contributed by atoms with Gasteiger partial charge < -0.3 is 36.3 Å². The second-order valence-corrected chi connectivity index (χ2v) is 15.1. The highest BCUT2D eigenvalue weighted by molar-refractivity contribution is 7.12. The number of alkyl halides is 6. The molecule has 8 rings (SSSR count). The summed E-state index contributed by atoms with van der Waals surface area (Å²) in [4.78, 5) is 61.6. The zero-order chi connectivity index (χ0) is 48.1. The van der Waals surface area contributed by atoms with Gasteiger partial charge in [-0.25, -0.2) is 14.8 Å². The minimum atomic E-state index is -4.56. The van der Waals surface area contributed by atoms with Crippen LogP contribution in [0.2, 0.25) is 0 Å². The lowest BCUT2D eigenvalue weighted by atomic mass is 10.1. The summed E-state index contributed by atoms with van der Waals surface area (Å²) in [5.74, 6) is -2.09. The molecule has 6 N–H and O–H groups in total. The summed E-state index contributed by atoms with van der Waals surface area (Å²) < 4.78 is 88.4. The normalized spacial score (nSPS) is 11.0. The number of carboxylic acid groups (broad SMARTS) is 1. The van der Waals surface area contributed by atoms with Gasteiger partial charge in [0.05, 0.1) is 22.2 Å². The number of para-hydroxylation sites is 2. The predicted octanol–water partition coefficient (Wildman–Crippen LogP) is 9.67. The van der Waals surface area contributed by atoms with Crippen molar-refractivity contribution in [2.45, 2.75) is 12.4 Å². The second kappa shape index (κ2) is 21.7. The van der Waals surface area contributed by atoms with Crippen LogP contribution in [0.5, 0.6) is 11.5 Å². The molecule has 4 aromatic carbocycles. The first-order chi connectivity index (χ1) is 32.0. The van der Waals surface area contributed by atoms with E-state index in [1.54, 1.807) is 65.5 Å². The number of pyridine rings is 2. The zero-order valence-corrected chi connectivity index (χ0v) is 35.6. The first-order valence-electron chi connectivity index (χ1n) is 19.0. The molecule has 0 spiro atoms.